The quantitative estimate of drug-likeness (QED) is 0.578. The van der Waals surface area contributed by atoms with Crippen LogP contribution in [0.2, 0.25) is 0 Å². The Kier molecular flexibility index (Phi) is 6.99. The van der Waals surface area contributed by atoms with Crippen LogP contribution in [0.3, 0.4) is 0 Å². The molecule has 1 fully saturated rings. The average molecular weight is 458 g/mol. The number of nitriles is 2. The van der Waals surface area contributed by atoms with Gasteiger partial charge in [0.25, 0.3) is 11.1 Å². The van der Waals surface area contributed by atoms with Gasteiger partial charge in [-0.05, 0) is 55.3 Å². The van der Waals surface area contributed by atoms with Gasteiger partial charge in [0, 0.05) is 35.8 Å². The van der Waals surface area contributed by atoms with Crippen LogP contribution >= 0.6 is 11.3 Å². The number of hydrogen-bond acceptors (Lipinski definition) is 7. The minimum atomic E-state index is -0.141. The monoisotopic (exact) mass is 457 g/mol. The number of aromatic nitrogens is 1. The maximum atomic E-state index is 12.7. The molecule has 3 aromatic rings. The molecule has 1 aliphatic heterocycles. The van der Waals surface area contributed by atoms with Crippen molar-refractivity contribution in [1.29, 1.82) is 10.5 Å². The number of ether oxygens (including phenoxy) is 1. The van der Waals surface area contributed by atoms with Crippen molar-refractivity contribution >= 4 is 17.2 Å². The van der Waals surface area contributed by atoms with Gasteiger partial charge in [-0.2, -0.15) is 10.5 Å². The van der Waals surface area contributed by atoms with E-state index in [1.165, 1.54) is 11.3 Å². The number of rotatable bonds is 7. The lowest BCUT2D eigenvalue weighted by molar-refractivity contribution is 0.0937. The smallest absolute Gasteiger partial charge is 0.273 e. The van der Waals surface area contributed by atoms with E-state index in [4.69, 9.17) is 15.3 Å². The molecule has 1 amide bonds. The summed E-state index contributed by atoms with van der Waals surface area (Å²) in [6.45, 7) is 3.99. The molecule has 1 unspecified atom stereocenters. The predicted molar refractivity (Wildman–Crippen MR) is 125 cm³/mol. The maximum absolute atomic E-state index is 12.7. The highest BCUT2D eigenvalue weighted by Crippen LogP contribution is 2.37. The van der Waals surface area contributed by atoms with E-state index in [1.54, 1.807) is 24.3 Å². The summed E-state index contributed by atoms with van der Waals surface area (Å²) in [6, 6.07) is 18.5. The summed E-state index contributed by atoms with van der Waals surface area (Å²) >= 11 is 1.52. The zero-order valence-electron chi connectivity index (χ0n) is 18.2. The summed E-state index contributed by atoms with van der Waals surface area (Å²) in [6.07, 6.45) is 2.67. The molecule has 4 rings (SSSR count). The molecule has 0 spiro atoms. The van der Waals surface area contributed by atoms with Gasteiger partial charge in [-0.25, -0.2) is 4.98 Å². The lowest BCUT2D eigenvalue weighted by Crippen LogP contribution is -2.38. The minimum Gasteiger partial charge on any atom is -0.470 e. The molecule has 1 aliphatic rings. The van der Waals surface area contributed by atoms with E-state index < -0.39 is 0 Å². The Morgan fingerprint density at radius 3 is 2.48 bits per heavy atom. The molecular weight excluding hydrogens is 434 g/mol. The number of nitrogens with one attached hydrogen (secondary N) is 1. The number of amides is 1. The molecule has 33 heavy (non-hydrogen) atoms. The SMILES string of the molecule is CCOc1ncc([C@@H](c2ccc(C#N)cc2)N2CCC(NC(=O)c3ccc(C#N)cc3)C2)s1. The first-order valence-electron chi connectivity index (χ1n) is 10.7. The predicted octanol–water partition coefficient (Wildman–Crippen LogP) is 3.88. The van der Waals surface area contributed by atoms with Gasteiger partial charge in [0.15, 0.2) is 0 Å². The second-order valence-electron chi connectivity index (χ2n) is 7.74. The molecule has 1 aromatic heterocycles. The third-order valence-electron chi connectivity index (χ3n) is 5.59. The topological polar surface area (TPSA) is 102 Å². The van der Waals surface area contributed by atoms with Crippen molar-refractivity contribution < 1.29 is 9.53 Å². The molecule has 2 aromatic carbocycles. The molecule has 1 N–H and O–H groups in total. The normalized spacial score (nSPS) is 16.5. The Balaban J connectivity index is 1.51. The van der Waals surface area contributed by atoms with Crippen LogP contribution in [0, 0.1) is 22.7 Å². The van der Waals surface area contributed by atoms with Gasteiger partial charge in [0.2, 0.25) is 0 Å². The van der Waals surface area contributed by atoms with Gasteiger partial charge in [0.05, 0.1) is 35.9 Å². The summed E-state index contributed by atoms with van der Waals surface area (Å²) in [5.74, 6) is -0.141. The standard InChI is InChI=1S/C25H23N5O2S/c1-2-32-25-28-15-22(33-25)23(19-7-3-17(13-26)4-8-19)30-12-11-21(16-30)29-24(31)20-9-5-18(14-27)6-10-20/h3-10,15,21,23H,2,11-12,16H2,1H3,(H,29,31)/t21?,23-/m1/s1. The second-order valence-corrected chi connectivity index (χ2v) is 8.77. The van der Waals surface area contributed by atoms with Crippen molar-refractivity contribution in [2.75, 3.05) is 19.7 Å². The Bertz CT molecular complexity index is 1190. The molecule has 1 saturated heterocycles. The van der Waals surface area contributed by atoms with E-state index in [1.807, 2.05) is 37.4 Å². The third-order valence-corrected chi connectivity index (χ3v) is 6.55. The van der Waals surface area contributed by atoms with E-state index >= 15 is 0 Å². The third kappa shape index (κ3) is 5.20. The van der Waals surface area contributed by atoms with Crippen LogP contribution in [-0.2, 0) is 0 Å². The van der Waals surface area contributed by atoms with E-state index in [0.717, 1.165) is 23.4 Å². The van der Waals surface area contributed by atoms with Crippen LogP contribution in [0.15, 0.2) is 54.7 Å². The zero-order valence-corrected chi connectivity index (χ0v) is 19.0. The minimum absolute atomic E-state index is 0.00769. The van der Waals surface area contributed by atoms with Gasteiger partial charge in [-0.3, -0.25) is 9.69 Å². The van der Waals surface area contributed by atoms with Gasteiger partial charge >= 0.3 is 0 Å². The second kappa shape index (κ2) is 10.3. The molecule has 2 heterocycles. The van der Waals surface area contributed by atoms with Gasteiger partial charge in [-0.15, -0.1) is 0 Å². The number of benzene rings is 2. The highest BCUT2D eigenvalue weighted by Gasteiger charge is 2.32. The number of hydrogen-bond donors (Lipinski definition) is 1. The zero-order chi connectivity index (χ0) is 23.2. The van der Waals surface area contributed by atoms with Gasteiger partial charge < -0.3 is 10.1 Å². The van der Waals surface area contributed by atoms with Gasteiger partial charge in [0.1, 0.15) is 0 Å². The van der Waals surface area contributed by atoms with Crippen LogP contribution in [0.4, 0.5) is 0 Å². The highest BCUT2D eigenvalue weighted by molar-refractivity contribution is 7.13. The van der Waals surface area contributed by atoms with Crippen molar-refractivity contribution in [3.63, 3.8) is 0 Å². The Labute approximate surface area is 196 Å². The first kappa shape index (κ1) is 22.5. The van der Waals surface area contributed by atoms with Crippen molar-refractivity contribution in [2.24, 2.45) is 0 Å². The van der Waals surface area contributed by atoms with Crippen LogP contribution in [-0.4, -0.2) is 41.5 Å². The lowest BCUT2D eigenvalue weighted by Gasteiger charge is -2.27. The van der Waals surface area contributed by atoms with Crippen molar-refractivity contribution in [1.82, 2.24) is 15.2 Å². The fourth-order valence-corrected chi connectivity index (χ4v) is 4.97. The largest absolute Gasteiger partial charge is 0.470 e. The van der Waals surface area contributed by atoms with Crippen molar-refractivity contribution in [2.45, 2.75) is 25.4 Å². The van der Waals surface area contributed by atoms with E-state index in [-0.39, 0.29) is 18.0 Å². The maximum Gasteiger partial charge on any atom is 0.273 e. The Morgan fingerprint density at radius 1 is 1.18 bits per heavy atom. The summed E-state index contributed by atoms with van der Waals surface area (Å²) in [5, 5.41) is 21.9. The van der Waals surface area contributed by atoms with Crippen LogP contribution in [0.1, 0.15) is 51.3 Å². The van der Waals surface area contributed by atoms with Gasteiger partial charge in [-0.1, -0.05) is 23.5 Å². The molecule has 2 atom stereocenters. The lowest BCUT2D eigenvalue weighted by atomic mass is 10.0. The molecule has 0 bridgehead atoms. The Morgan fingerprint density at radius 2 is 1.85 bits per heavy atom. The fourth-order valence-electron chi connectivity index (χ4n) is 3.99. The first-order valence-corrected chi connectivity index (χ1v) is 11.6. The van der Waals surface area contributed by atoms with Crippen LogP contribution in [0.25, 0.3) is 0 Å². The molecule has 7 nitrogen and oxygen atoms in total. The number of carbonyl (C=O) groups is 1. The van der Waals surface area contributed by atoms with Crippen LogP contribution in [0.5, 0.6) is 5.19 Å². The van der Waals surface area contributed by atoms with Crippen molar-refractivity contribution in [3.8, 4) is 17.3 Å². The number of likely N-dealkylation sites (tertiary alicyclic amines) is 1. The first-order chi connectivity index (χ1) is 16.1. The molecule has 166 valence electrons. The number of thiazole rings is 1. The molecular formula is C25H23N5O2S. The molecule has 0 radical (unpaired) electrons. The summed E-state index contributed by atoms with van der Waals surface area (Å²) < 4.78 is 5.58. The Hall–Kier alpha value is -3.72. The highest BCUT2D eigenvalue weighted by atomic mass is 32.1. The molecule has 0 aliphatic carbocycles. The van der Waals surface area contributed by atoms with E-state index in [2.05, 4.69) is 27.3 Å². The number of nitrogens with zero attached hydrogens (tertiary/aromatic N) is 4. The summed E-state index contributed by atoms with van der Waals surface area (Å²) in [4.78, 5) is 20.5. The number of carbonyl (C=O) groups excluding carboxylic acids is 1. The summed E-state index contributed by atoms with van der Waals surface area (Å²) in [7, 11) is 0. The summed E-state index contributed by atoms with van der Waals surface area (Å²) in [5.41, 5.74) is 2.75. The van der Waals surface area contributed by atoms with Crippen molar-refractivity contribution in [3.05, 3.63) is 81.9 Å². The van der Waals surface area contributed by atoms with E-state index in [9.17, 15) is 4.79 Å². The molecule has 0 saturated carbocycles. The molecule has 8 heteroatoms. The fraction of sp³-hybridized carbons (Fsp3) is 0.280. The van der Waals surface area contributed by atoms with E-state index in [0.29, 0.717) is 35.0 Å². The van der Waals surface area contributed by atoms with Crippen LogP contribution < -0.4 is 10.1 Å². The average Bonchev–Trinajstić information content (AvgIpc) is 3.50.